The first kappa shape index (κ1) is 16.6. The molecule has 0 amide bonds. The molecule has 0 aliphatic heterocycles. The molecular weight excluding hydrogens is 308 g/mol. The fourth-order valence-electron chi connectivity index (χ4n) is 1.60. The molecule has 0 aromatic heterocycles. The first-order valence-electron chi connectivity index (χ1n) is 6.14. The van der Waals surface area contributed by atoms with Crippen LogP contribution in [0.2, 0.25) is 0 Å². The summed E-state index contributed by atoms with van der Waals surface area (Å²) in [6.45, 7) is 2.02. The van der Waals surface area contributed by atoms with Gasteiger partial charge in [0, 0.05) is 4.90 Å². The first-order valence-corrected chi connectivity index (χ1v) is 7.29. The summed E-state index contributed by atoms with van der Waals surface area (Å²) in [5, 5.41) is 0. The quantitative estimate of drug-likeness (QED) is 0.508. The van der Waals surface area contributed by atoms with Crippen LogP contribution in [0.4, 0.5) is 0 Å². The van der Waals surface area contributed by atoms with E-state index in [0.717, 1.165) is 9.79 Å². The van der Waals surface area contributed by atoms with Gasteiger partial charge in [-0.1, -0.05) is 22.6 Å². The molecule has 0 saturated carbocycles. The summed E-state index contributed by atoms with van der Waals surface area (Å²) in [4.78, 5) is 1.73. The predicted molar refractivity (Wildman–Crippen MR) is 79.9 cm³/mol. The average molecular weight is 324 g/mol. The number of rotatable bonds is 2. The van der Waals surface area contributed by atoms with Gasteiger partial charge in [0.25, 0.3) is 0 Å². The Balaban J connectivity index is 0.000000283. The third-order valence-corrected chi connectivity index (χ3v) is 4.04. The SMILES string of the molecule is Cc1ccc(S(=O)c2ccc[cH-]2)cc1.[Fe+2].c1cc[cH-]c1. The summed E-state index contributed by atoms with van der Waals surface area (Å²) in [6.07, 6.45) is 0. The molecule has 104 valence electrons. The summed E-state index contributed by atoms with van der Waals surface area (Å²) in [6, 6.07) is 25.4. The predicted octanol–water partition coefficient (Wildman–Crippen LogP) is 4.28. The van der Waals surface area contributed by atoms with Crippen molar-refractivity contribution in [1.29, 1.82) is 0 Å². The molecule has 20 heavy (non-hydrogen) atoms. The zero-order chi connectivity index (χ0) is 13.5. The fourth-order valence-corrected chi connectivity index (χ4v) is 2.66. The molecular formula is C17H16FeOS. The summed E-state index contributed by atoms with van der Waals surface area (Å²) >= 11 is 0. The van der Waals surface area contributed by atoms with E-state index in [1.165, 1.54) is 5.56 Å². The van der Waals surface area contributed by atoms with Gasteiger partial charge in [0.2, 0.25) is 0 Å². The second-order valence-corrected chi connectivity index (χ2v) is 5.64. The van der Waals surface area contributed by atoms with E-state index in [1.807, 2.05) is 85.8 Å². The minimum atomic E-state index is -1.02. The van der Waals surface area contributed by atoms with Crippen LogP contribution in [0, 0.1) is 6.92 Å². The minimum Gasteiger partial charge on any atom is -0.251 e. The molecule has 1 nitrogen and oxygen atoms in total. The molecule has 3 aromatic carbocycles. The largest absolute Gasteiger partial charge is 2.00 e. The molecule has 3 heteroatoms. The molecule has 0 radical (unpaired) electrons. The second kappa shape index (κ2) is 8.70. The van der Waals surface area contributed by atoms with Crippen molar-refractivity contribution in [1.82, 2.24) is 0 Å². The molecule has 0 spiro atoms. The average Bonchev–Trinajstić information content (AvgIpc) is 3.15. The van der Waals surface area contributed by atoms with Crippen molar-refractivity contribution in [2.24, 2.45) is 0 Å². The van der Waals surface area contributed by atoms with Crippen molar-refractivity contribution in [3.63, 3.8) is 0 Å². The maximum Gasteiger partial charge on any atom is 2.00 e. The molecule has 0 N–H and O–H groups in total. The maximum absolute atomic E-state index is 11.9. The van der Waals surface area contributed by atoms with Crippen LogP contribution in [0.25, 0.3) is 0 Å². The van der Waals surface area contributed by atoms with E-state index >= 15 is 0 Å². The van der Waals surface area contributed by atoms with Gasteiger partial charge in [-0.05, 0) is 19.1 Å². The monoisotopic (exact) mass is 324 g/mol. The molecule has 0 saturated heterocycles. The van der Waals surface area contributed by atoms with Crippen LogP contribution in [-0.2, 0) is 27.9 Å². The summed E-state index contributed by atoms with van der Waals surface area (Å²) in [5.74, 6) is 0. The van der Waals surface area contributed by atoms with Crippen LogP contribution in [0.15, 0.2) is 88.7 Å². The van der Waals surface area contributed by atoms with Crippen molar-refractivity contribution in [3.05, 3.63) is 84.4 Å². The van der Waals surface area contributed by atoms with Crippen LogP contribution >= 0.6 is 0 Å². The Morgan fingerprint density at radius 1 is 0.900 bits per heavy atom. The van der Waals surface area contributed by atoms with Gasteiger partial charge < -0.3 is 0 Å². The van der Waals surface area contributed by atoms with E-state index in [2.05, 4.69) is 0 Å². The molecule has 0 bridgehead atoms. The molecule has 3 rings (SSSR count). The molecule has 1 unspecified atom stereocenters. The smallest absolute Gasteiger partial charge is 0.251 e. The topological polar surface area (TPSA) is 17.1 Å². The van der Waals surface area contributed by atoms with Crippen molar-refractivity contribution < 1.29 is 21.3 Å². The van der Waals surface area contributed by atoms with E-state index in [0.29, 0.717) is 0 Å². The van der Waals surface area contributed by atoms with Gasteiger partial charge in [0.15, 0.2) is 0 Å². The Morgan fingerprint density at radius 3 is 2.00 bits per heavy atom. The minimum absolute atomic E-state index is 0. The van der Waals surface area contributed by atoms with Crippen LogP contribution in [0.3, 0.4) is 0 Å². The van der Waals surface area contributed by atoms with Gasteiger partial charge in [0.05, 0.1) is 10.8 Å². The van der Waals surface area contributed by atoms with E-state index in [-0.39, 0.29) is 17.1 Å². The molecule has 0 heterocycles. The normalized spacial score (nSPS) is 10.8. The molecule has 0 fully saturated rings. The van der Waals surface area contributed by atoms with Crippen molar-refractivity contribution in [3.8, 4) is 0 Å². The van der Waals surface area contributed by atoms with Gasteiger partial charge in [0.1, 0.15) is 0 Å². The third-order valence-electron chi connectivity index (χ3n) is 2.64. The first-order chi connectivity index (χ1) is 9.27. The number of benzene rings is 1. The summed E-state index contributed by atoms with van der Waals surface area (Å²) < 4.78 is 11.9. The standard InChI is InChI=1S/C12H11OS.C5H5.Fe/c1-10-6-8-12(9-7-10)14(13)11-4-2-3-5-11;1-2-4-5-3-1;/h2-9H,1H3;1-5H;/q2*-1;+2. The van der Waals surface area contributed by atoms with Gasteiger partial charge in [-0.25, -0.2) is 18.2 Å². The molecule has 3 aromatic rings. The maximum atomic E-state index is 11.9. The third kappa shape index (κ3) is 4.93. The fraction of sp³-hybridized carbons (Fsp3) is 0.0588. The molecule has 0 aliphatic carbocycles. The Bertz CT molecular complexity index is 578. The van der Waals surface area contributed by atoms with Gasteiger partial charge in [-0.15, -0.1) is 0 Å². The van der Waals surface area contributed by atoms with E-state index in [4.69, 9.17) is 0 Å². The Morgan fingerprint density at radius 2 is 1.55 bits per heavy atom. The van der Waals surface area contributed by atoms with E-state index in [1.54, 1.807) is 0 Å². The Kier molecular flexibility index (Phi) is 7.24. The van der Waals surface area contributed by atoms with Crippen molar-refractivity contribution in [2.45, 2.75) is 16.7 Å². The van der Waals surface area contributed by atoms with Crippen LogP contribution < -0.4 is 0 Å². The zero-order valence-corrected chi connectivity index (χ0v) is 13.1. The zero-order valence-electron chi connectivity index (χ0n) is 11.2. The van der Waals surface area contributed by atoms with E-state index < -0.39 is 10.8 Å². The summed E-state index contributed by atoms with van der Waals surface area (Å²) in [5.41, 5.74) is 1.19. The van der Waals surface area contributed by atoms with Crippen molar-refractivity contribution in [2.75, 3.05) is 0 Å². The van der Waals surface area contributed by atoms with Crippen LogP contribution in [0.5, 0.6) is 0 Å². The number of hydrogen-bond acceptors (Lipinski definition) is 1. The Labute approximate surface area is 133 Å². The number of hydrogen-bond donors (Lipinski definition) is 0. The van der Waals surface area contributed by atoms with Crippen LogP contribution in [0.1, 0.15) is 5.56 Å². The molecule has 1 atom stereocenters. The van der Waals surface area contributed by atoms with Crippen molar-refractivity contribution >= 4 is 10.8 Å². The molecule has 0 aliphatic rings. The van der Waals surface area contributed by atoms with Gasteiger partial charge in [-0.2, -0.15) is 36.4 Å². The van der Waals surface area contributed by atoms with E-state index in [9.17, 15) is 4.21 Å². The van der Waals surface area contributed by atoms with Crippen LogP contribution in [-0.4, -0.2) is 4.21 Å². The van der Waals surface area contributed by atoms with Gasteiger partial charge >= 0.3 is 17.1 Å². The Hall–Kier alpha value is -1.41. The number of aryl methyl sites for hydroxylation is 1. The summed E-state index contributed by atoms with van der Waals surface area (Å²) in [7, 11) is -1.02. The van der Waals surface area contributed by atoms with Gasteiger partial charge in [-0.3, -0.25) is 4.21 Å². The second-order valence-electron chi connectivity index (χ2n) is 4.16.